The van der Waals surface area contributed by atoms with Gasteiger partial charge in [-0.3, -0.25) is 0 Å². The molecular weight excluding hydrogens is 419 g/mol. The fourth-order valence-electron chi connectivity index (χ4n) is 3.58. The monoisotopic (exact) mass is 441 g/mol. The lowest BCUT2D eigenvalue weighted by Crippen LogP contribution is -2.48. The van der Waals surface area contributed by atoms with Crippen LogP contribution in [0.25, 0.3) is 0 Å². The number of sulfonamides is 1. The van der Waals surface area contributed by atoms with Gasteiger partial charge in [0.05, 0.1) is 22.2 Å². The van der Waals surface area contributed by atoms with Crippen LogP contribution in [0.2, 0.25) is 0 Å². The quantitative estimate of drug-likeness (QED) is 0.660. The van der Waals surface area contributed by atoms with E-state index in [4.69, 9.17) is 4.74 Å². The molecule has 6 nitrogen and oxygen atoms in total. The third-order valence-corrected chi connectivity index (χ3v) is 7.79. The number of fused-ring (bicyclic) bond motifs is 2. The first kappa shape index (κ1) is 21.0. The molecule has 0 amide bonds. The Labute approximate surface area is 173 Å². The van der Waals surface area contributed by atoms with Crippen molar-refractivity contribution in [1.82, 2.24) is 9.21 Å². The van der Waals surface area contributed by atoms with Crippen molar-refractivity contribution in [2.45, 2.75) is 18.3 Å². The highest BCUT2D eigenvalue weighted by atomic mass is 32.2. The Kier molecular flexibility index (Phi) is 5.19. The number of halogens is 3. The van der Waals surface area contributed by atoms with Gasteiger partial charge in [-0.25, -0.2) is 8.42 Å². The summed E-state index contributed by atoms with van der Waals surface area (Å²) >= 11 is 0. The van der Waals surface area contributed by atoms with Crippen LogP contribution in [0.3, 0.4) is 0 Å². The summed E-state index contributed by atoms with van der Waals surface area (Å²) in [4.78, 5) is 2.08. The van der Waals surface area contributed by atoms with Gasteiger partial charge in [-0.05, 0) is 49.9 Å². The van der Waals surface area contributed by atoms with Crippen LogP contribution in [0.15, 0.2) is 36.4 Å². The average molecular weight is 441 g/mol. The van der Waals surface area contributed by atoms with E-state index in [2.05, 4.69) is 10.2 Å². The van der Waals surface area contributed by atoms with Crippen molar-refractivity contribution in [2.24, 2.45) is 0 Å². The number of anilines is 2. The van der Waals surface area contributed by atoms with Gasteiger partial charge in [0.15, 0.2) is 11.5 Å². The Morgan fingerprint density at radius 2 is 1.70 bits per heavy atom. The Morgan fingerprint density at radius 3 is 2.37 bits per heavy atom. The van der Waals surface area contributed by atoms with Gasteiger partial charge < -0.3 is 15.0 Å². The van der Waals surface area contributed by atoms with E-state index in [-0.39, 0.29) is 5.75 Å². The summed E-state index contributed by atoms with van der Waals surface area (Å²) in [6.45, 7) is 3.90. The molecule has 1 atom stereocenters. The lowest BCUT2D eigenvalue weighted by molar-refractivity contribution is -0.137. The van der Waals surface area contributed by atoms with Gasteiger partial charge in [0.25, 0.3) is 0 Å². The molecule has 0 radical (unpaired) electrons. The lowest BCUT2D eigenvalue weighted by atomic mass is 10.1. The number of piperazine rings is 1. The maximum Gasteiger partial charge on any atom is 0.416 e. The highest BCUT2D eigenvalue weighted by Gasteiger charge is 2.34. The Bertz CT molecular complexity index is 1060. The molecule has 1 saturated heterocycles. The normalized spacial score (nSPS) is 18.7. The van der Waals surface area contributed by atoms with Crippen LogP contribution in [0, 0.1) is 0 Å². The molecule has 2 aromatic carbocycles. The number of rotatable bonds is 3. The molecule has 0 spiro atoms. The third-order valence-electron chi connectivity index (χ3n) is 5.54. The second kappa shape index (κ2) is 7.44. The summed E-state index contributed by atoms with van der Waals surface area (Å²) in [6, 6.07) is 8.12. The second-order valence-corrected chi connectivity index (χ2v) is 9.83. The molecule has 0 aliphatic carbocycles. The van der Waals surface area contributed by atoms with E-state index < -0.39 is 27.0 Å². The fraction of sp³-hybridized carbons (Fsp3) is 0.400. The number of nitrogens with zero attached hydrogens (tertiary/aromatic N) is 2. The summed E-state index contributed by atoms with van der Waals surface area (Å²) in [6.07, 6.45) is -4.46. The van der Waals surface area contributed by atoms with Gasteiger partial charge >= 0.3 is 6.18 Å². The van der Waals surface area contributed by atoms with Crippen LogP contribution >= 0.6 is 0 Å². The molecule has 0 saturated carbocycles. The number of alkyl halides is 3. The van der Waals surface area contributed by atoms with E-state index in [0.29, 0.717) is 48.9 Å². The maximum absolute atomic E-state index is 13.0. The van der Waals surface area contributed by atoms with E-state index in [0.717, 1.165) is 12.1 Å². The van der Waals surface area contributed by atoms with Crippen LogP contribution < -0.4 is 10.1 Å². The van der Waals surface area contributed by atoms with E-state index in [1.807, 2.05) is 7.05 Å². The van der Waals surface area contributed by atoms with Crippen LogP contribution in [0.1, 0.15) is 23.3 Å². The number of nitrogens with one attached hydrogen (secondary N) is 1. The summed E-state index contributed by atoms with van der Waals surface area (Å²) in [7, 11) is -1.58. The molecule has 162 valence electrons. The number of hydrogen-bond acceptors (Lipinski definition) is 5. The molecule has 2 aliphatic heterocycles. The molecule has 10 heteroatoms. The van der Waals surface area contributed by atoms with Crippen LogP contribution in [-0.4, -0.2) is 50.8 Å². The topological polar surface area (TPSA) is 61.9 Å². The number of hydrogen-bond donors (Lipinski definition) is 1. The summed E-state index contributed by atoms with van der Waals surface area (Å²) < 4.78 is 72.1. The first-order valence-corrected chi connectivity index (χ1v) is 11.0. The van der Waals surface area contributed by atoms with Gasteiger partial charge in [-0.15, -0.1) is 0 Å². The summed E-state index contributed by atoms with van der Waals surface area (Å²) in [5.74, 6) is 0.415. The van der Waals surface area contributed by atoms with Crippen LogP contribution in [0.5, 0.6) is 11.5 Å². The smallest absolute Gasteiger partial charge is 0.416 e. The van der Waals surface area contributed by atoms with Crippen molar-refractivity contribution in [2.75, 3.05) is 38.5 Å². The van der Waals surface area contributed by atoms with Gasteiger partial charge in [0.1, 0.15) is 0 Å². The summed E-state index contributed by atoms with van der Waals surface area (Å²) in [5.41, 5.74) is 0.691. The minimum Gasteiger partial charge on any atom is -0.453 e. The number of ether oxygens (including phenoxy) is 1. The predicted molar refractivity (Wildman–Crippen MR) is 108 cm³/mol. The minimum atomic E-state index is -4.46. The van der Waals surface area contributed by atoms with E-state index in [1.54, 1.807) is 25.1 Å². The average Bonchev–Trinajstić information content (AvgIpc) is 2.70. The lowest BCUT2D eigenvalue weighted by Gasteiger charge is -2.33. The van der Waals surface area contributed by atoms with Crippen LogP contribution in [0.4, 0.5) is 24.5 Å². The first-order chi connectivity index (χ1) is 14.1. The van der Waals surface area contributed by atoms with Crippen molar-refractivity contribution >= 4 is 21.4 Å². The van der Waals surface area contributed by atoms with Gasteiger partial charge in [-0.2, -0.15) is 17.5 Å². The Hall–Kier alpha value is -2.30. The van der Waals surface area contributed by atoms with Gasteiger partial charge in [-0.1, -0.05) is 6.07 Å². The van der Waals surface area contributed by atoms with Crippen molar-refractivity contribution in [3.63, 3.8) is 0 Å². The zero-order valence-electron chi connectivity index (χ0n) is 16.5. The largest absolute Gasteiger partial charge is 0.453 e. The molecular formula is C20H22F3N3O3S. The molecule has 1 fully saturated rings. The first-order valence-electron chi connectivity index (χ1n) is 9.53. The number of benzene rings is 2. The van der Waals surface area contributed by atoms with E-state index in [9.17, 15) is 21.6 Å². The van der Waals surface area contributed by atoms with Crippen molar-refractivity contribution in [3.05, 3.63) is 47.5 Å². The molecule has 2 heterocycles. The molecule has 1 unspecified atom stereocenters. The molecule has 0 aromatic heterocycles. The zero-order chi connectivity index (χ0) is 21.7. The van der Waals surface area contributed by atoms with E-state index in [1.165, 1.54) is 10.4 Å². The van der Waals surface area contributed by atoms with Gasteiger partial charge in [0, 0.05) is 26.2 Å². The fourth-order valence-corrected chi connectivity index (χ4v) is 5.19. The molecule has 0 bridgehead atoms. The van der Waals surface area contributed by atoms with Crippen molar-refractivity contribution < 1.29 is 26.3 Å². The van der Waals surface area contributed by atoms with Crippen molar-refractivity contribution in [3.8, 4) is 11.5 Å². The molecule has 30 heavy (non-hydrogen) atoms. The highest BCUT2D eigenvalue weighted by molar-refractivity contribution is 7.89. The SMILES string of the molecule is CC(c1ccc2c(c1)Nc1ccc(C(F)(F)F)cc1O2)S(=O)(=O)N1CCN(C)CC1. The zero-order valence-corrected chi connectivity index (χ0v) is 17.3. The van der Waals surface area contributed by atoms with E-state index >= 15 is 0 Å². The summed E-state index contributed by atoms with van der Waals surface area (Å²) in [5, 5.41) is 2.28. The second-order valence-electron chi connectivity index (χ2n) is 7.58. The predicted octanol–water partition coefficient (Wildman–Crippen LogP) is 4.19. The van der Waals surface area contributed by atoms with Crippen LogP contribution in [-0.2, 0) is 16.2 Å². The van der Waals surface area contributed by atoms with Gasteiger partial charge in [0.2, 0.25) is 10.0 Å². The Balaban J connectivity index is 1.58. The molecule has 4 rings (SSSR count). The Morgan fingerprint density at radius 1 is 1.00 bits per heavy atom. The third kappa shape index (κ3) is 3.86. The van der Waals surface area contributed by atoms with Crippen molar-refractivity contribution in [1.29, 1.82) is 0 Å². The molecule has 1 N–H and O–H groups in total. The molecule has 2 aromatic rings. The number of likely N-dealkylation sites (N-methyl/N-ethyl adjacent to an activating group) is 1. The maximum atomic E-state index is 13.0. The highest BCUT2D eigenvalue weighted by Crippen LogP contribution is 2.45. The minimum absolute atomic E-state index is 0.0724. The molecule has 2 aliphatic rings. The standard InChI is InChI=1S/C20H22F3N3O3S/c1-13(30(27,28)26-9-7-25(2)8-10-26)14-3-6-18-17(11-14)24-16-5-4-15(20(21,22)23)12-19(16)29-18/h3-6,11-13,24H,7-10H2,1-2H3.